The van der Waals surface area contributed by atoms with Crippen LogP contribution in [0.5, 0.6) is 0 Å². The van der Waals surface area contributed by atoms with Gasteiger partial charge in [-0.25, -0.2) is 4.57 Å². The monoisotopic (exact) mass is 730 g/mol. The summed E-state index contributed by atoms with van der Waals surface area (Å²) in [6.07, 6.45) is 37.9. The van der Waals surface area contributed by atoms with Gasteiger partial charge in [-0.15, -0.1) is 0 Å². The van der Waals surface area contributed by atoms with E-state index in [-0.39, 0.29) is 32.6 Å². The summed E-state index contributed by atoms with van der Waals surface area (Å²) in [6, 6.07) is 0. The van der Waals surface area contributed by atoms with Crippen LogP contribution in [0, 0.1) is 0 Å². The average molecular weight is 730 g/mol. The number of phosphoric acid groups is 1. The third-order valence-corrected chi connectivity index (χ3v) is 9.56. The number of phosphoric ester groups is 1. The first-order valence-electron chi connectivity index (χ1n) is 20.3. The number of allylic oxidation sites excluding steroid dienone is 4. The van der Waals surface area contributed by atoms with Gasteiger partial charge in [0.25, 0.3) is 0 Å². The van der Waals surface area contributed by atoms with Crippen LogP contribution in [0.3, 0.4) is 0 Å². The summed E-state index contributed by atoms with van der Waals surface area (Å²) >= 11 is 0. The number of nitrogens with two attached hydrogens (primary N) is 1. The Morgan fingerprint density at radius 1 is 0.580 bits per heavy atom. The van der Waals surface area contributed by atoms with Gasteiger partial charge in [-0.05, 0) is 51.4 Å². The van der Waals surface area contributed by atoms with Gasteiger partial charge >= 0.3 is 19.8 Å². The van der Waals surface area contributed by atoms with Crippen molar-refractivity contribution in [2.75, 3.05) is 26.4 Å². The summed E-state index contributed by atoms with van der Waals surface area (Å²) in [5.74, 6) is -0.892. The molecule has 0 bridgehead atoms. The van der Waals surface area contributed by atoms with Crippen molar-refractivity contribution >= 4 is 19.8 Å². The summed E-state index contributed by atoms with van der Waals surface area (Å²) in [5.41, 5.74) is 5.33. The molecule has 0 aliphatic rings. The smallest absolute Gasteiger partial charge is 0.462 e. The standard InChI is InChI=1S/C40H76NO8P/c1-3-5-7-9-11-13-15-17-19-21-22-24-26-28-30-32-39(42)46-36-38(37-48-50(44,45)47-35-34-41)49-40(43)33-31-29-27-25-23-20-18-16-14-12-10-8-6-4-2/h16,18,26,28,38H,3-15,17,19-25,27,29-37,41H2,1-2H3,(H,44,45)/b18-16+,28-26+/t38-/m1/s1. The number of rotatable bonds is 38. The van der Waals surface area contributed by atoms with Gasteiger partial charge in [-0.3, -0.25) is 18.6 Å². The van der Waals surface area contributed by atoms with Crippen molar-refractivity contribution in [1.29, 1.82) is 0 Å². The Kier molecular flexibility index (Phi) is 36.1. The number of unbranched alkanes of at least 4 members (excludes halogenated alkanes) is 21. The molecule has 9 nitrogen and oxygen atoms in total. The molecule has 0 aromatic carbocycles. The van der Waals surface area contributed by atoms with Crippen LogP contribution in [-0.2, 0) is 32.7 Å². The van der Waals surface area contributed by atoms with E-state index in [1.807, 2.05) is 6.08 Å². The second-order valence-corrected chi connectivity index (χ2v) is 14.9. The molecule has 50 heavy (non-hydrogen) atoms. The Hall–Kier alpha value is -1.51. The van der Waals surface area contributed by atoms with E-state index >= 15 is 0 Å². The quantitative estimate of drug-likeness (QED) is 0.0275. The summed E-state index contributed by atoms with van der Waals surface area (Å²) in [4.78, 5) is 34.7. The molecule has 3 N–H and O–H groups in total. The Morgan fingerprint density at radius 3 is 1.50 bits per heavy atom. The number of carbonyl (C=O) groups excluding carboxylic acids is 2. The van der Waals surface area contributed by atoms with E-state index in [9.17, 15) is 19.0 Å². The fourth-order valence-corrected chi connectivity index (χ4v) is 6.29. The lowest BCUT2D eigenvalue weighted by atomic mass is 10.1. The fourth-order valence-electron chi connectivity index (χ4n) is 5.53. The summed E-state index contributed by atoms with van der Waals surface area (Å²) < 4.78 is 32.6. The Morgan fingerprint density at radius 2 is 1.02 bits per heavy atom. The van der Waals surface area contributed by atoms with Crippen LogP contribution in [0.15, 0.2) is 24.3 Å². The second kappa shape index (κ2) is 37.3. The van der Waals surface area contributed by atoms with E-state index in [1.165, 1.54) is 103 Å². The van der Waals surface area contributed by atoms with E-state index in [0.717, 1.165) is 44.9 Å². The normalized spacial score (nSPS) is 13.6. The average Bonchev–Trinajstić information content (AvgIpc) is 3.10. The number of esters is 2. The molecular weight excluding hydrogens is 653 g/mol. The van der Waals surface area contributed by atoms with Gasteiger partial charge in [0.05, 0.1) is 13.2 Å². The first-order chi connectivity index (χ1) is 24.3. The zero-order valence-corrected chi connectivity index (χ0v) is 33.0. The van der Waals surface area contributed by atoms with Gasteiger partial charge in [0.1, 0.15) is 6.61 Å². The fraction of sp³-hybridized carbons (Fsp3) is 0.850. The predicted octanol–water partition coefficient (Wildman–Crippen LogP) is 11.2. The van der Waals surface area contributed by atoms with Gasteiger partial charge in [0.2, 0.25) is 0 Å². The lowest BCUT2D eigenvalue weighted by Crippen LogP contribution is -2.29. The summed E-state index contributed by atoms with van der Waals surface area (Å²) in [6.45, 7) is 3.67. The van der Waals surface area contributed by atoms with Gasteiger partial charge in [0.15, 0.2) is 6.10 Å². The number of hydrogen-bond acceptors (Lipinski definition) is 8. The van der Waals surface area contributed by atoms with E-state index in [1.54, 1.807) is 0 Å². The molecule has 0 spiro atoms. The first kappa shape index (κ1) is 48.5. The Bertz CT molecular complexity index is 881. The molecular formula is C40H76NO8P. The minimum absolute atomic E-state index is 0.0492. The second-order valence-electron chi connectivity index (χ2n) is 13.5. The summed E-state index contributed by atoms with van der Waals surface area (Å²) in [5, 5.41) is 0. The van der Waals surface area contributed by atoms with Crippen LogP contribution in [0.1, 0.15) is 187 Å². The van der Waals surface area contributed by atoms with Crippen LogP contribution in [0.4, 0.5) is 0 Å². The molecule has 1 unspecified atom stereocenters. The predicted molar refractivity (Wildman–Crippen MR) is 206 cm³/mol. The van der Waals surface area contributed by atoms with Crippen molar-refractivity contribution in [2.24, 2.45) is 5.73 Å². The number of carbonyl (C=O) groups is 2. The van der Waals surface area contributed by atoms with Crippen LogP contribution in [0.2, 0.25) is 0 Å². The van der Waals surface area contributed by atoms with E-state index in [4.69, 9.17) is 24.3 Å². The van der Waals surface area contributed by atoms with Crippen LogP contribution >= 0.6 is 7.82 Å². The Balaban J connectivity index is 4.23. The van der Waals surface area contributed by atoms with Crippen molar-refractivity contribution in [1.82, 2.24) is 0 Å². The van der Waals surface area contributed by atoms with E-state index in [2.05, 4.69) is 32.1 Å². The molecule has 0 saturated heterocycles. The first-order valence-corrected chi connectivity index (χ1v) is 21.8. The van der Waals surface area contributed by atoms with Crippen LogP contribution in [0.25, 0.3) is 0 Å². The molecule has 0 saturated carbocycles. The zero-order valence-electron chi connectivity index (χ0n) is 32.1. The largest absolute Gasteiger partial charge is 0.472 e. The zero-order chi connectivity index (χ0) is 36.8. The Labute approximate surface area is 306 Å². The highest BCUT2D eigenvalue weighted by molar-refractivity contribution is 7.47. The molecule has 0 aliphatic heterocycles. The van der Waals surface area contributed by atoms with Crippen molar-refractivity contribution in [2.45, 2.75) is 193 Å². The van der Waals surface area contributed by atoms with E-state index in [0.29, 0.717) is 12.8 Å². The maximum atomic E-state index is 12.5. The minimum Gasteiger partial charge on any atom is -0.462 e. The topological polar surface area (TPSA) is 134 Å². The van der Waals surface area contributed by atoms with Crippen LogP contribution < -0.4 is 5.73 Å². The molecule has 0 fully saturated rings. The van der Waals surface area contributed by atoms with Crippen molar-refractivity contribution < 1.29 is 37.6 Å². The third-order valence-electron chi connectivity index (χ3n) is 8.57. The molecule has 0 aromatic heterocycles. The number of ether oxygens (including phenoxy) is 2. The molecule has 0 aromatic rings. The molecule has 0 aliphatic carbocycles. The molecule has 0 amide bonds. The minimum atomic E-state index is -4.38. The van der Waals surface area contributed by atoms with Crippen molar-refractivity contribution in [3.05, 3.63) is 24.3 Å². The maximum Gasteiger partial charge on any atom is 0.472 e. The molecule has 2 atom stereocenters. The van der Waals surface area contributed by atoms with Crippen molar-refractivity contribution in [3.8, 4) is 0 Å². The maximum absolute atomic E-state index is 12.5. The van der Waals surface area contributed by atoms with E-state index < -0.39 is 32.5 Å². The summed E-state index contributed by atoms with van der Waals surface area (Å²) in [7, 11) is -4.38. The molecule has 0 rings (SSSR count). The molecule has 0 radical (unpaired) electrons. The van der Waals surface area contributed by atoms with Gasteiger partial charge in [-0.1, -0.05) is 147 Å². The van der Waals surface area contributed by atoms with Gasteiger partial charge in [0, 0.05) is 19.4 Å². The highest BCUT2D eigenvalue weighted by atomic mass is 31.2. The van der Waals surface area contributed by atoms with Gasteiger partial charge < -0.3 is 20.1 Å². The highest BCUT2D eigenvalue weighted by Gasteiger charge is 2.25. The lowest BCUT2D eigenvalue weighted by molar-refractivity contribution is -0.161. The molecule has 0 heterocycles. The SMILES string of the molecule is CCCCCCC/C=C/CCCCCCCC(=O)O[C@H](COC(=O)CC/C=C/CCCCCCCCCCCCC)COP(=O)(O)OCCN. The molecule has 294 valence electrons. The number of hydrogen-bond donors (Lipinski definition) is 2. The van der Waals surface area contributed by atoms with Gasteiger partial charge in [-0.2, -0.15) is 0 Å². The van der Waals surface area contributed by atoms with Crippen molar-refractivity contribution in [3.63, 3.8) is 0 Å². The molecule has 10 heteroatoms. The third kappa shape index (κ3) is 36.3. The van der Waals surface area contributed by atoms with Crippen LogP contribution in [-0.4, -0.2) is 49.3 Å². The highest BCUT2D eigenvalue weighted by Crippen LogP contribution is 2.43. The lowest BCUT2D eigenvalue weighted by Gasteiger charge is -2.19.